The van der Waals surface area contributed by atoms with Crippen LogP contribution in [0.15, 0.2) is 84.9 Å². The maximum Gasteiger partial charge on any atom is 0.243 e. The van der Waals surface area contributed by atoms with Gasteiger partial charge in [0.05, 0.1) is 0 Å². The van der Waals surface area contributed by atoms with Gasteiger partial charge in [0.1, 0.15) is 24.2 Å². The normalized spacial score (nSPS) is 13.4. The smallest absolute Gasteiger partial charge is 0.243 e. The predicted molar refractivity (Wildman–Crippen MR) is 208 cm³/mol. The zero-order chi connectivity index (χ0) is 38.2. The lowest BCUT2D eigenvalue weighted by Crippen LogP contribution is -2.59. The number of carbonyl (C=O) groups is 5. The second-order valence-corrected chi connectivity index (χ2v) is 13.4. The zero-order valence-electron chi connectivity index (χ0n) is 30.4. The van der Waals surface area contributed by atoms with Crippen LogP contribution in [-0.2, 0) is 36.8 Å². The Morgan fingerprint density at radius 1 is 0.547 bits per heavy atom. The molecule has 12 heteroatoms. The third-order valence-electron chi connectivity index (χ3n) is 9.30. The van der Waals surface area contributed by atoms with Gasteiger partial charge in [-0.15, -0.1) is 0 Å². The third kappa shape index (κ3) is 12.4. The molecule has 0 bridgehead atoms. The number of hydrogen-bond donors (Lipinski definition) is 7. The van der Waals surface area contributed by atoms with Crippen LogP contribution in [-0.4, -0.2) is 66.8 Å². The van der Waals surface area contributed by atoms with Crippen molar-refractivity contribution in [1.29, 1.82) is 0 Å². The van der Waals surface area contributed by atoms with Crippen molar-refractivity contribution in [3.8, 4) is 0 Å². The fourth-order valence-electron chi connectivity index (χ4n) is 6.27. The van der Waals surface area contributed by atoms with E-state index in [1.54, 1.807) is 6.92 Å². The molecule has 0 radical (unpaired) electrons. The first kappa shape index (κ1) is 40.4. The van der Waals surface area contributed by atoms with Gasteiger partial charge >= 0.3 is 0 Å². The highest BCUT2D eigenvalue weighted by Gasteiger charge is 2.31. The fraction of sp³-hybridized carbons (Fsp3) is 0.390. The Balaban J connectivity index is 1.62. The van der Waals surface area contributed by atoms with E-state index in [-0.39, 0.29) is 25.2 Å². The second kappa shape index (κ2) is 20.6. The molecule has 10 N–H and O–H groups in total. The van der Waals surface area contributed by atoms with Crippen LogP contribution in [0, 0.1) is 0 Å². The topological polar surface area (TPSA) is 212 Å². The lowest BCUT2D eigenvalue weighted by Gasteiger charge is -2.26. The summed E-state index contributed by atoms with van der Waals surface area (Å²) in [5.74, 6) is -2.68. The van der Waals surface area contributed by atoms with E-state index in [4.69, 9.17) is 17.2 Å². The predicted octanol–water partition coefficient (Wildman–Crippen LogP) is 2.87. The van der Waals surface area contributed by atoms with Crippen LogP contribution < -0.4 is 38.5 Å². The van der Waals surface area contributed by atoms with E-state index in [9.17, 15) is 24.0 Å². The zero-order valence-corrected chi connectivity index (χ0v) is 30.4. The number of hydrogen-bond acceptors (Lipinski definition) is 7. The Hall–Kier alpha value is -5.33. The summed E-state index contributed by atoms with van der Waals surface area (Å²) in [5, 5.41) is 15.2. The Kier molecular flexibility index (Phi) is 15.8. The largest absolute Gasteiger partial charge is 0.368 e. The van der Waals surface area contributed by atoms with Crippen LogP contribution in [0.3, 0.4) is 0 Å². The molecule has 4 unspecified atom stereocenters. The van der Waals surface area contributed by atoms with E-state index >= 15 is 0 Å². The highest BCUT2D eigenvalue weighted by molar-refractivity contribution is 5.96. The average Bonchev–Trinajstić information content (AvgIpc) is 3.15. The molecule has 4 aromatic carbocycles. The van der Waals surface area contributed by atoms with Crippen molar-refractivity contribution in [1.82, 2.24) is 21.3 Å². The number of amides is 5. The average molecular weight is 724 g/mol. The van der Waals surface area contributed by atoms with Crippen LogP contribution in [0.25, 0.3) is 21.5 Å². The third-order valence-corrected chi connectivity index (χ3v) is 9.30. The fourth-order valence-corrected chi connectivity index (χ4v) is 6.27. The van der Waals surface area contributed by atoms with Gasteiger partial charge in [0, 0.05) is 19.3 Å². The minimum absolute atomic E-state index is 0.101. The van der Waals surface area contributed by atoms with Gasteiger partial charge in [0.15, 0.2) is 0 Å². The molecule has 4 aromatic rings. The van der Waals surface area contributed by atoms with Gasteiger partial charge < -0.3 is 38.5 Å². The molecule has 0 aliphatic rings. The molecule has 4 atom stereocenters. The Morgan fingerprint density at radius 2 is 1.00 bits per heavy atom. The molecule has 4 rings (SSSR count). The van der Waals surface area contributed by atoms with E-state index in [2.05, 4.69) is 21.3 Å². The Morgan fingerprint density at radius 3 is 1.47 bits per heavy atom. The van der Waals surface area contributed by atoms with E-state index < -0.39 is 47.8 Å². The molecule has 0 aliphatic heterocycles. The molecule has 0 heterocycles. The number of carbonyl (C=O) groups excluding carboxylic acids is 5. The van der Waals surface area contributed by atoms with Gasteiger partial charge in [-0.1, -0.05) is 91.9 Å². The molecule has 0 aromatic heterocycles. The molecule has 0 saturated carbocycles. The first-order valence-electron chi connectivity index (χ1n) is 18.5. The van der Waals surface area contributed by atoms with E-state index in [0.29, 0.717) is 51.6 Å². The van der Waals surface area contributed by atoms with E-state index in [1.165, 1.54) is 0 Å². The first-order chi connectivity index (χ1) is 25.6. The number of fused-ring (bicyclic) bond motifs is 2. The van der Waals surface area contributed by atoms with E-state index in [0.717, 1.165) is 32.7 Å². The number of rotatable bonds is 21. The molecular formula is C41H53N7O5. The van der Waals surface area contributed by atoms with Crippen molar-refractivity contribution in [3.63, 3.8) is 0 Å². The highest BCUT2D eigenvalue weighted by Crippen LogP contribution is 2.19. The van der Waals surface area contributed by atoms with Gasteiger partial charge in [-0.25, -0.2) is 0 Å². The molecule has 0 saturated heterocycles. The minimum Gasteiger partial charge on any atom is -0.368 e. The molecule has 0 aliphatic carbocycles. The van der Waals surface area contributed by atoms with Crippen LogP contribution in [0.2, 0.25) is 0 Å². The van der Waals surface area contributed by atoms with Crippen molar-refractivity contribution in [3.05, 3.63) is 96.1 Å². The lowest BCUT2D eigenvalue weighted by molar-refractivity contribution is -0.134. The summed E-state index contributed by atoms with van der Waals surface area (Å²) in [4.78, 5) is 66.9. The van der Waals surface area contributed by atoms with Crippen LogP contribution in [0.4, 0.5) is 0 Å². The van der Waals surface area contributed by atoms with Crippen LogP contribution in [0.5, 0.6) is 0 Å². The summed E-state index contributed by atoms with van der Waals surface area (Å²) < 4.78 is 0. The summed E-state index contributed by atoms with van der Waals surface area (Å²) in [6, 6.07) is 23.1. The molecule has 5 amide bonds. The highest BCUT2D eigenvalue weighted by atomic mass is 16.2. The number of primary amides is 1. The monoisotopic (exact) mass is 723 g/mol. The lowest BCUT2D eigenvalue weighted by atomic mass is 9.98. The maximum absolute atomic E-state index is 14.3. The summed E-state index contributed by atoms with van der Waals surface area (Å²) in [6.07, 6.45) is 3.54. The number of nitrogens with one attached hydrogen (secondary N) is 4. The van der Waals surface area contributed by atoms with Gasteiger partial charge in [-0.2, -0.15) is 0 Å². The summed E-state index contributed by atoms with van der Waals surface area (Å²) in [5.41, 5.74) is 18.4. The summed E-state index contributed by atoms with van der Waals surface area (Å²) in [6.45, 7) is 2.67. The van der Waals surface area contributed by atoms with Crippen molar-refractivity contribution in [2.24, 2.45) is 17.2 Å². The minimum atomic E-state index is -1.12. The van der Waals surface area contributed by atoms with E-state index in [1.807, 2.05) is 84.9 Å². The Labute approximate surface area is 311 Å². The van der Waals surface area contributed by atoms with Crippen molar-refractivity contribution in [2.45, 2.75) is 88.9 Å². The quantitative estimate of drug-likeness (QED) is 0.0639. The van der Waals surface area contributed by atoms with Crippen LogP contribution in [0.1, 0.15) is 63.0 Å². The van der Waals surface area contributed by atoms with Gasteiger partial charge in [-0.05, 0) is 84.3 Å². The number of benzene rings is 4. The molecule has 12 nitrogen and oxygen atoms in total. The number of unbranched alkanes of at least 4 members (excludes halogenated alkanes) is 2. The van der Waals surface area contributed by atoms with Gasteiger partial charge in [0.25, 0.3) is 0 Å². The molecule has 282 valence electrons. The molecular weight excluding hydrogens is 670 g/mol. The SMILES string of the molecule is CCC(NC(=O)CCCCN)C(=O)NC(Cc1ccc2ccccc2c1)C(=O)NC(Cc1ccc2ccccc2c1)C(=O)NC(CCCCN)C(N)=O. The standard InChI is InChI=1S/C41H53N7O5/c1-2-33(45-37(49)16-8-10-22-43)39(51)47-36(26-28-18-20-30-12-4-6-14-32(30)24-28)41(53)48-35(40(52)46-34(38(44)50)15-7-9-21-42)25-27-17-19-29-11-3-5-13-31(29)23-27/h3-6,11-14,17-20,23-24,33-36H,2,7-10,15-16,21-22,25-26,42-43H2,1H3,(H2,44,50)(H,45,49)(H,46,52)(H,47,51)(H,48,53). The van der Waals surface area contributed by atoms with Crippen molar-refractivity contribution in [2.75, 3.05) is 13.1 Å². The number of nitrogens with two attached hydrogens (primary N) is 3. The van der Waals surface area contributed by atoms with Crippen LogP contribution >= 0.6 is 0 Å². The maximum atomic E-state index is 14.3. The summed E-state index contributed by atoms with van der Waals surface area (Å²) in [7, 11) is 0. The molecule has 0 spiro atoms. The van der Waals surface area contributed by atoms with Gasteiger partial charge in [-0.3, -0.25) is 24.0 Å². The van der Waals surface area contributed by atoms with Crippen molar-refractivity contribution >= 4 is 51.1 Å². The van der Waals surface area contributed by atoms with Crippen molar-refractivity contribution < 1.29 is 24.0 Å². The Bertz CT molecular complexity index is 1870. The van der Waals surface area contributed by atoms with Gasteiger partial charge in [0.2, 0.25) is 29.5 Å². The first-order valence-corrected chi connectivity index (χ1v) is 18.5. The molecule has 0 fully saturated rings. The molecule has 53 heavy (non-hydrogen) atoms. The second-order valence-electron chi connectivity index (χ2n) is 13.4. The summed E-state index contributed by atoms with van der Waals surface area (Å²) >= 11 is 0.